The lowest BCUT2D eigenvalue weighted by molar-refractivity contribution is 0.0206. The molecule has 0 N–H and O–H groups in total. The van der Waals surface area contributed by atoms with Crippen molar-refractivity contribution in [2.24, 2.45) is 5.92 Å². The summed E-state index contributed by atoms with van der Waals surface area (Å²) in [6.45, 7) is 2.38. The molecule has 1 atom stereocenters. The van der Waals surface area contributed by atoms with Crippen LogP contribution in [0.1, 0.15) is 39.7 Å². The Kier molecular flexibility index (Phi) is 4.61. The molecule has 3 nitrogen and oxygen atoms in total. The second-order valence-electron chi connectivity index (χ2n) is 6.46. The molecule has 0 saturated carbocycles. The van der Waals surface area contributed by atoms with Crippen LogP contribution in [0.4, 0.5) is 0 Å². The Balaban J connectivity index is 1.67. The van der Waals surface area contributed by atoms with Crippen molar-refractivity contribution < 1.29 is 9.53 Å². The average Bonchev–Trinajstić information content (AvgIpc) is 3.10. The molecule has 3 heterocycles. The predicted octanol–water partition coefficient (Wildman–Crippen LogP) is 4.57. The molecule has 1 amide bonds. The molecule has 1 fully saturated rings. The molecule has 0 bridgehead atoms. The van der Waals surface area contributed by atoms with Gasteiger partial charge in [0.25, 0.3) is 5.91 Å². The van der Waals surface area contributed by atoms with Gasteiger partial charge in [-0.05, 0) is 66.5 Å². The normalized spacial score (nSPS) is 21.5. The number of ether oxygens (including phenoxy) is 1. The Morgan fingerprint density at radius 3 is 2.67 bits per heavy atom. The Morgan fingerprint density at radius 1 is 1.17 bits per heavy atom. The smallest absolute Gasteiger partial charge is 0.254 e. The van der Waals surface area contributed by atoms with Gasteiger partial charge in [-0.1, -0.05) is 11.6 Å². The van der Waals surface area contributed by atoms with Crippen molar-refractivity contribution >= 4 is 28.8 Å². The minimum atomic E-state index is 0.113. The van der Waals surface area contributed by atoms with E-state index in [2.05, 4.69) is 16.3 Å². The van der Waals surface area contributed by atoms with Crippen LogP contribution in [-0.4, -0.2) is 30.6 Å². The van der Waals surface area contributed by atoms with E-state index in [9.17, 15) is 4.79 Å². The van der Waals surface area contributed by atoms with Crippen molar-refractivity contribution in [3.8, 4) is 0 Å². The molecule has 1 aromatic carbocycles. The van der Waals surface area contributed by atoms with Gasteiger partial charge in [0.1, 0.15) is 0 Å². The third kappa shape index (κ3) is 2.99. The standard InChI is InChI=1S/C19H20ClNO2S/c20-16-3-1-15(2-4-16)19(22)21-9-5-14-8-12-24-18(14)17(21)13-6-10-23-11-7-13/h1-4,8,12-13,17H,5-7,9-11H2. The number of nitrogens with zero attached hydrogens (tertiary/aromatic N) is 1. The van der Waals surface area contributed by atoms with Gasteiger partial charge in [-0.3, -0.25) is 4.79 Å². The number of amides is 1. The molecule has 0 radical (unpaired) electrons. The fraction of sp³-hybridized carbons (Fsp3) is 0.421. The maximum absolute atomic E-state index is 13.2. The summed E-state index contributed by atoms with van der Waals surface area (Å²) in [5.41, 5.74) is 2.13. The monoisotopic (exact) mass is 361 g/mol. The lowest BCUT2D eigenvalue weighted by atomic mass is 9.85. The summed E-state index contributed by atoms with van der Waals surface area (Å²) in [7, 11) is 0. The van der Waals surface area contributed by atoms with Crippen molar-refractivity contribution in [2.45, 2.75) is 25.3 Å². The third-order valence-corrected chi connectivity index (χ3v) is 6.35. The number of fused-ring (bicyclic) bond motifs is 1. The highest BCUT2D eigenvalue weighted by molar-refractivity contribution is 7.10. The Morgan fingerprint density at radius 2 is 1.92 bits per heavy atom. The molecule has 1 unspecified atom stereocenters. The van der Waals surface area contributed by atoms with Gasteiger partial charge in [0.15, 0.2) is 0 Å². The van der Waals surface area contributed by atoms with Gasteiger partial charge in [0, 0.05) is 35.2 Å². The molecular formula is C19H20ClNO2S. The van der Waals surface area contributed by atoms with Crippen molar-refractivity contribution in [2.75, 3.05) is 19.8 Å². The number of carbonyl (C=O) groups is 1. The minimum Gasteiger partial charge on any atom is -0.381 e. The average molecular weight is 362 g/mol. The zero-order chi connectivity index (χ0) is 16.5. The number of carbonyl (C=O) groups excluding carboxylic acids is 1. The van der Waals surface area contributed by atoms with Crippen LogP contribution in [0.15, 0.2) is 35.7 Å². The molecular weight excluding hydrogens is 342 g/mol. The summed E-state index contributed by atoms with van der Waals surface area (Å²) in [4.78, 5) is 16.6. The fourth-order valence-electron chi connectivity index (χ4n) is 3.82. The second-order valence-corrected chi connectivity index (χ2v) is 7.84. The van der Waals surface area contributed by atoms with E-state index in [0.717, 1.165) is 44.6 Å². The highest BCUT2D eigenvalue weighted by Crippen LogP contribution is 2.42. The third-order valence-electron chi connectivity index (χ3n) is 5.07. The maximum atomic E-state index is 13.2. The van der Waals surface area contributed by atoms with E-state index in [-0.39, 0.29) is 11.9 Å². The number of rotatable bonds is 2. The Labute approximate surface area is 151 Å². The van der Waals surface area contributed by atoms with Crippen molar-refractivity contribution in [3.05, 3.63) is 56.7 Å². The molecule has 2 aliphatic heterocycles. The van der Waals surface area contributed by atoms with Crippen molar-refractivity contribution in [1.29, 1.82) is 0 Å². The summed E-state index contributed by atoms with van der Waals surface area (Å²) < 4.78 is 5.54. The van der Waals surface area contributed by atoms with Crippen LogP contribution in [0.3, 0.4) is 0 Å². The second kappa shape index (κ2) is 6.87. The Bertz CT molecular complexity index is 721. The van der Waals surface area contributed by atoms with Gasteiger partial charge >= 0.3 is 0 Å². The van der Waals surface area contributed by atoms with E-state index < -0.39 is 0 Å². The first-order valence-electron chi connectivity index (χ1n) is 8.44. The van der Waals surface area contributed by atoms with Gasteiger partial charge in [0.05, 0.1) is 6.04 Å². The van der Waals surface area contributed by atoms with Gasteiger partial charge in [-0.2, -0.15) is 0 Å². The van der Waals surface area contributed by atoms with Gasteiger partial charge in [-0.25, -0.2) is 0 Å². The van der Waals surface area contributed by atoms with E-state index in [4.69, 9.17) is 16.3 Å². The molecule has 4 rings (SSSR count). The van der Waals surface area contributed by atoms with E-state index >= 15 is 0 Å². The first-order chi connectivity index (χ1) is 11.7. The molecule has 2 aromatic rings. The van der Waals surface area contributed by atoms with Crippen molar-refractivity contribution in [1.82, 2.24) is 4.90 Å². The predicted molar refractivity (Wildman–Crippen MR) is 96.8 cm³/mol. The van der Waals surface area contributed by atoms with E-state index in [0.29, 0.717) is 10.9 Å². The van der Waals surface area contributed by atoms with Crippen molar-refractivity contribution in [3.63, 3.8) is 0 Å². The lowest BCUT2D eigenvalue weighted by Crippen LogP contribution is -2.43. The van der Waals surface area contributed by atoms with Gasteiger partial charge in [0.2, 0.25) is 0 Å². The van der Waals surface area contributed by atoms with E-state index in [1.54, 1.807) is 23.5 Å². The Hall–Kier alpha value is -1.36. The topological polar surface area (TPSA) is 29.5 Å². The molecule has 1 saturated heterocycles. The molecule has 5 heteroatoms. The van der Waals surface area contributed by atoms with Gasteiger partial charge < -0.3 is 9.64 Å². The van der Waals surface area contributed by atoms with Crippen LogP contribution >= 0.6 is 22.9 Å². The van der Waals surface area contributed by atoms with Crippen LogP contribution in [0.25, 0.3) is 0 Å². The van der Waals surface area contributed by atoms with Gasteiger partial charge in [-0.15, -0.1) is 11.3 Å². The summed E-state index contributed by atoms with van der Waals surface area (Å²) in [5, 5.41) is 2.82. The largest absolute Gasteiger partial charge is 0.381 e. The number of benzene rings is 1. The van der Waals surface area contributed by atoms with E-state index in [1.807, 2.05) is 12.1 Å². The molecule has 126 valence electrons. The number of thiophene rings is 1. The summed E-state index contributed by atoms with van der Waals surface area (Å²) in [6, 6.07) is 9.64. The zero-order valence-electron chi connectivity index (χ0n) is 13.4. The van der Waals surface area contributed by atoms with Crippen LogP contribution in [0, 0.1) is 5.92 Å². The highest BCUT2D eigenvalue weighted by atomic mass is 35.5. The molecule has 0 spiro atoms. The quantitative estimate of drug-likeness (QED) is 0.784. The van der Waals surface area contributed by atoms with E-state index in [1.165, 1.54) is 10.4 Å². The lowest BCUT2D eigenvalue weighted by Gasteiger charge is -2.41. The van der Waals surface area contributed by atoms with Crippen LogP contribution in [-0.2, 0) is 11.2 Å². The van der Waals surface area contributed by atoms with Crippen LogP contribution < -0.4 is 0 Å². The minimum absolute atomic E-state index is 0.113. The highest BCUT2D eigenvalue weighted by Gasteiger charge is 2.38. The number of hydrogen-bond donors (Lipinski definition) is 0. The molecule has 1 aromatic heterocycles. The summed E-state index contributed by atoms with van der Waals surface area (Å²) in [5.74, 6) is 0.593. The molecule has 0 aliphatic carbocycles. The zero-order valence-corrected chi connectivity index (χ0v) is 15.0. The summed E-state index contributed by atoms with van der Waals surface area (Å²) >= 11 is 7.76. The number of hydrogen-bond acceptors (Lipinski definition) is 3. The SMILES string of the molecule is O=C(c1ccc(Cl)cc1)N1CCc2ccsc2C1C1CCOCC1. The maximum Gasteiger partial charge on any atom is 0.254 e. The fourth-order valence-corrected chi connectivity index (χ4v) is 5.11. The molecule has 24 heavy (non-hydrogen) atoms. The summed E-state index contributed by atoms with van der Waals surface area (Å²) in [6.07, 6.45) is 2.98. The first kappa shape index (κ1) is 16.1. The first-order valence-corrected chi connectivity index (χ1v) is 9.70. The van der Waals surface area contributed by atoms with Crippen LogP contribution in [0.2, 0.25) is 5.02 Å². The number of halogens is 1. The molecule has 2 aliphatic rings. The van der Waals surface area contributed by atoms with Crippen LogP contribution in [0.5, 0.6) is 0 Å².